The lowest BCUT2D eigenvalue weighted by Gasteiger charge is -2.03. The second-order valence-electron chi connectivity index (χ2n) is 8.31. The summed E-state index contributed by atoms with van der Waals surface area (Å²) >= 11 is 0. The SMILES string of the molecule is C=CC.C=O.CC.CC/C=C(\C)c1cccc(CC)c1.CC1CCCCCC1.O=C1CCCN1. The Hall–Kier alpha value is -2.16. The monoisotopic (exact) mass is 473 g/mol. The summed E-state index contributed by atoms with van der Waals surface area (Å²) in [6, 6.07) is 8.78. The molecule has 196 valence electrons. The second-order valence-corrected chi connectivity index (χ2v) is 8.31. The van der Waals surface area contributed by atoms with Crippen LogP contribution in [-0.4, -0.2) is 19.2 Å². The van der Waals surface area contributed by atoms with Crippen molar-refractivity contribution in [2.24, 2.45) is 5.92 Å². The number of rotatable bonds is 3. The van der Waals surface area contributed by atoms with Crippen LogP contribution in [0.25, 0.3) is 5.57 Å². The van der Waals surface area contributed by atoms with Crippen molar-refractivity contribution in [1.82, 2.24) is 5.32 Å². The van der Waals surface area contributed by atoms with Crippen molar-refractivity contribution >= 4 is 18.3 Å². The van der Waals surface area contributed by atoms with Crippen molar-refractivity contribution in [3.8, 4) is 0 Å². The summed E-state index contributed by atoms with van der Waals surface area (Å²) < 4.78 is 0. The molecular formula is C31H55NO2. The van der Waals surface area contributed by atoms with Gasteiger partial charge in [-0.2, -0.15) is 0 Å². The number of benzene rings is 1. The highest BCUT2D eigenvalue weighted by Gasteiger charge is 2.06. The third-order valence-electron chi connectivity index (χ3n) is 5.35. The number of allylic oxidation sites excluding steroid dienone is 3. The zero-order valence-corrected chi connectivity index (χ0v) is 23.6. The van der Waals surface area contributed by atoms with E-state index in [9.17, 15) is 4.79 Å². The summed E-state index contributed by atoms with van der Waals surface area (Å²) in [6.45, 7) is 21.1. The van der Waals surface area contributed by atoms with Gasteiger partial charge < -0.3 is 10.1 Å². The Labute approximate surface area is 212 Å². The van der Waals surface area contributed by atoms with E-state index in [1.54, 1.807) is 6.08 Å². The minimum Gasteiger partial charge on any atom is -0.356 e. The third kappa shape index (κ3) is 23.0. The molecule has 3 rings (SSSR count). The van der Waals surface area contributed by atoms with E-state index < -0.39 is 0 Å². The van der Waals surface area contributed by atoms with Gasteiger partial charge >= 0.3 is 0 Å². The zero-order valence-electron chi connectivity index (χ0n) is 23.6. The Morgan fingerprint density at radius 1 is 1.06 bits per heavy atom. The van der Waals surface area contributed by atoms with Crippen molar-refractivity contribution in [3.63, 3.8) is 0 Å². The van der Waals surface area contributed by atoms with Gasteiger partial charge in [0.1, 0.15) is 6.79 Å². The molecule has 1 aromatic rings. The molecule has 1 aromatic carbocycles. The summed E-state index contributed by atoms with van der Waals surface area (Å²) in [6.07, 6.45) is 16.9. The average molecular weight is 474 g/mol. The lowest BCUT2D eigenvalue weighted by molar-refractivity contribution is -0.119. The third-order valence-corrected chi connectivity index (χ3v) is 5.35. The van der Waals surface area contributed by atoms with Crippen LogP contribution in [0.5, 0.6) is 0 Å². The van der Waals surface area contributed by atoms with Crippen molar-refractivity contribution in [2.75, 3.05) is 6.54 Å². The Morgan fingerprint density at radius 3 is 2.00 bits per heavy atom. The molecule has 1 aliphatic carbocycles. The molecule has 3 nitrogen and oxygen atoms in total. The molecule has 34 heavy (non-hydrogen) atoms. The van der Waals surface area contributed by atoms with Gasteiger partial charge in [0.05, 0.1) is 0 Å². The number of carbonyl (C=O) groups excluding carboxylic acids is 2. The number of carbonyl (C=O) groups is 2. The van der Waals surface area contributed by atoms with Crippen molar-refractivity contribution in [1.29, 1.82) is 0 Å². The number of nitrogens with one attached hydrogen (secondary N) is 1. The van der Waals surface area contributed by atoms with Crippen LogP contribution >= 0.6 is 0 Å². The molecule has 1 saturated heterocycles. The molecule has 1 amide bonds. The molecule has 0 spiro atoms. The number of aryl methyl sites for hydroxylation is 1. The van der Waals surface area contributed by atoms with Gasteiger partial charge in [-0.05, 0) is 55.7 Å². The highest BCUT2D eigenvalue weighted by atomic mass is 16.1. The molecule has 1 saturated carbocycles. The molecule has 0 unspecified atom stereocenters. The van der Waals surface area contributed by atoms with Crippen LogP contribution in [0.1, 0.15) is 117 Å². The molecule has 0 atom stereocenters. The van der Waals surface area contributed by atoms with Crippen LogP contribution in [0.15, 0.2) is 43.0 Å². The summed E-state index contributed by atoms with van der Waals surface area (Å²) in [4.78, 5) is 18.1. The predicted molar refractivity (Wildman–Crippen MR) is 153 cm³/mol. The van der Waals surface area contributed by atoms with E-state index in [2.05, 4.69) is 69.9 Å². The van der Waals surface area contributed by atoms with Crippen molar-refractivity contribution in [3.05, 3.63) is 54.1 Å². The fourth-order valence-corrected chi connectivity index (χ4v) is 3.51. The van der Waals surface area contributed by atoms with Gasteiger partial charge in [0, 0.05) is 13.0 Å². The van der Waals surface area contributed by atoms with E-state index in [4.69, 9.17) is 4.79 Å². The van der Waals surface area contributed by atoms with Crippen LogP contribution < -0.4 is 5.32 Å². The molecule has 2 fully saturated rings. The minimum atomic E-state index is 0.204. The second kappa shape index (κ2) is 28.9. The molecular weight excluding hydrogens is 418 g/mol. The Balaban J connectivity index is -0.000000393. The predicted octanol–water partition coefficient (Wildman–Crippen LogP) is 8.97. The Kier molecular flexibility index (Phi) is 30.9. The lowest BCUT2D eigenvalue weighted by Crippen LogP contribution is -2.12. The standard InChI is InChI=1S/C13H18.C8H16.C4H7NO.C3H6.C2H6.CH2O/c1-4-7-11(3)13-9-6-8-12(5-2)10-13;1-8-6-4-2-3-5-7-8;6-4-2-1-3-5-4;1-3-2;2*1-2/h6-10H,4-5H2,1-3H3;8H,2-7H2,1H3;1-3H2,(H,5,6);3H,1H2,2H3;1-2H3;1H2/b11-7+;;;;;. The summed E-state index contributed by atoms with van der Waals surface area (Å²) in [5.74, 6) is 1.23. The van der Waals surface area contributed by atoms with Crippen LogP contribution in [0.4, 0.5) is 0 Å². The fourth-order valence-electron chi connectivity index (χ4n) is 3.51. The number of hydrogen-bond acceptors (Lipinski definition) is 2. The van der Waals surface area contributed by atoms with E-state index in [-0.39, 0.29) is 5.91 Å². The number of hydrogen-bond donors (Lipinski definition) is 1. The Morgan fingerprint density at radius 2 is 1.62 bits per heavy atom. The topological polar surface area (TPSA) is 46.2 Å². The first-order valence-electron chi connectivity index (χ1n) is 13.4. The molecule has 0 radical (unpaired) electrons. The van der Waals surface area contributed by atoms with Crippen LogP contribution in [0, 0.1) is 5.92 Å². The van der Waals surface area contributed by atoms with Gasteiger partial charge in [-0.15, -0.1) is 6.58 Å². The van der Waals surface area contributed by atoms with Gasteiger partial charge in [0.15, 0.2) is 0 Å². The molecule has 0 bridgehead atoms. The summed E-state index contributed by atoms with van der Waals surface area (Å²) in [5.41, 5.74) is 4.17. The van der Waals surface area contributed by atoms with Crippen LogP contribution in [-0.2, 0) is 16.0 Å². The van der Waals surface area contributed by atoms with Crippen molar-refractivity contribution in [2.45, 2.75) is 113 Å². The molecule has 1 N–H and O–H groups in total. The first kappa shape index (κ1) is 36.4. The molecule has 1 heterocycles. The van der Waals surface area contributed by atoms with Gasteiger partial charge in [0.25, 0.3) is 0 Å². The maximum Gasteiger partial charge on any atom is 0.220 e. The highest BCUT2D eigenvalue weighted by Crippen LogP contribution is 2.21. The van der Waals surface area contributed by atoms with E-state index >= 15 is 0 Å². The summed E-state index contributed by atoms with van der Waals surface area (Å²) in [7, 11) is 0. The van der Waals surface area contributed by atoms with Crippen LogP contribution in [0.2, 0.25) is 0 Å². The van der Waals surface area contributed by atoms with Crippen LogP contribution in [0.3, 0.4) is 0 Å². The summed E-state index contributed by atoms with van der Waals surface area (Å²) in [5, 5.41) is 2.68. The van der Waals surface area contributed by atoms with E-state index in [0.717, 1.165) is 38.1 Å². The average Bonchev–Trinajstić information content (AvgIpc) is 3.23. The molecule has 3 heteroatoms. The Bertz CT molecular complexity index is 606. The van der Waals surface area contributed by atoms with E-state index in [1.807, 2.05) is 27.6 Å². The van der Waals surface area contributed by atoms with Gasteiger partial charge in [-0.25, -0.2) is 0 Å². The quantitative estimate of drug-likeness (QED) is 0.352. The normalized spacial score (nSPS) is 14.8. The largest absolute Gasteiger partial charge is 0.356 e. The minimum absolute atomic E-state index is 0.204. The van der Waals surface area contributed by atoms with Gasteiger partial charge in [-0.3, -0.25) is 4.79 Å². The first-order valence-corrected chi connectivity index (χ1v) is 13.4. The maximum absolute atomic E-state index is 10.1. The molecule has 2 aliphatic rings. The van der Waals surface area contributed by atoms with Crippen molar-refractivity contribution < 1.29 is 9.59 Å². The van der Waals surface area contributed by atoms with E-state index in [0.29, 0.717) is 0 Å². The smallest absolute Gasteiger partial charge is 0.220 e. The zero-order chi connectivity index (χ0) is 26.6. The first-order chi connectivity index (χ1) is 16.5. The molecule has 0 aromatic heterocycles. The number of amides is 1. The molecule has 1 aliphatic heterocycles. The van der Waals surface area contributed by atoms with Gasteiger partial charge in [-0.1, -0.05) is 110 Å². The van der Waals surface area contributed by atoms with Gasteiger partial charge in [0.2, 0.25) is 5.91 Å². The lowest BCUT2D eigenvalue weighted by atomic mass is 10.0. The maximum atomic E-state index is 10.1. The fraction of sp³-hybridized carbons (Fsp3) is 0.613. The highest BCUT2D eigenvalue weighted by molar-refractivity contribution is 5.77. The van der Waals surface area contributed by atoms with E-state index in [1.165, 1.54) is 55.2 Å².